The number of aromatic nitrogens is 2. The van der Waals surface area contributed by atoms with Crippen LogP contribution in [0.5, 0.6) is 0 Å². The van der Waals surface area contributed by atoms with Crippen molar-refractivity contribution < 1.29 is 4.57 Å². The molecular formula is C25H29N2+. The molecule has 0 saturated heterocycles. The van der Waals surface area contributed by atoms with E-state index in [1.165, 1.54) is 55.9 Å². The third-order valence-electron chi connectivity index (χ3n) is 5.86. The summed E-state index contributed by atoms with van der Waals surface area (Å²) >= 11 is 0. The van der Waals surface area contributed by atoms with Gasteiger partial charge in [-0.15, -0.1) is 0 Å². The monoisotopic (exact) mass is 357 g/mol. The molecule has 0 spiro atoms. The SMILES string of the molecule is Cc1cc(C)c(C)c(-c2c3c(nc[n+]2C)-c2cccc(CC(C)C)c2C3)c1. The van der Waals surface area contributed by atoms with E-state index in [1.807, 2.05) is 6.33 Å². The molecule has 1 aromatic heterocycles. The molecule has 0 atom stereocenters. The molecule has 0 aliphatic heterocycles. The van der Waals surface area contributed by atoms with Gasteiger partial charge in [0.05, 0.1) is 12.6 Å². The predicted octanol–water partition coefficient (Wildman–Crippen LogP) is 5.27. The Morgan fingerprint density at radius 3 is 2.56 bits per heavy atom. The number of aryl methyl sites for hydroxylation is 3. The van der Waals surface area contributed by atoms with Gasteiger partial charge in [0, 0.05) is 17.5 Å². The van der Waals surface area contributed by atoms with Gasteiger partial charge in [0.2, 0.25) is 0 Å². The molecule has 1 aliphatic carbocycles. The van der Waals surface area contributed by atoms with Crippen molar-refractivity contribution in [2.75, 3.05) is 0 Å². The number of benzene rings is 2. The third kappa shape index (κ3) is 2.97. The van der Waals surface area contributed by atoms with Crippen molar-refractivity contribution in [2.24, 2.45) is 13.0 Å². The van der Waals surface area contributed by atoms with Gasteiger partial charge in [0.15, 0.2) is 5.69 Å². The van der Waals surface area contributed by atoms with E-state index in [1.54, 1.807) is 0 Å². The minimum absolute atomic E-state index is 0.658. The van der Waals surface area contributed by atoms with E-state index >= 15 is 0 Å². The minimum atomic E-state index is 0.658. The fourth-order valence-corrected chi connectivity index (χ4v) is 4.52. The van der Waals surface area contributed by atoms with Gasteiger partial charge < -0.3 is 0 Å². The summed E-state index contributed by atoms with van der Waals surface area (Å²) in [6, 6.07) is 11.3. The molecular weight excluding hydrogens is 328 g/mol. The van der Waals surface area contributed by atoms with Crippen LogP contribution in [-0.2, 0) is 19.9 Å². The van der Waals surface area contributed by atoms with E-state index in [9.17, 15) is 0 Å². The summed E-state index contributed by atoms with van der Waals surface area (Å²) in [5.74, 6) is 0.658. The molecule has 0 fully saturated rings. The first-order valence-corrected chi connectivity index (χ1v) is 9.93. The fourth-order valence-electron chi connectivity index (χ4n) is 4.52. The normalized spacial score (nSPS) is 12.4. The summed E-state index contributed by atoms with van der Waals surface area (Å²) in [5.41, 5.74) is 13.5. The lowest BCUT2D eigenvalue weighted by molar-refractivity contribution is -0.663. The zero-order chi connectivity index (χ0) is 19.3. The molecule has 27 heavy (non-hydrogen) atoms. The number of nitrogens with zero attached hydrogens (tertiary/aromatic N) is 2. The molecule has 2 nitrogen and oxygen atoms in total. The highest BCUT2D eigenvalue weighted by molar-refractivity contribution is 5.81. The first-order chi connectivity index (χ1) is 12.9. The highest BCUT2D eigenvalue weighted by Crippen LogP contribution is 2.41. The summed E-state index contributed by atoms with van der Waals surface area (Å²) in [5, 5.41) is 0. The zero-order valence-electron chi connectivity index (χ0n) is 17.4. The topological polar surface area (TPSA) is 16.8 Å². The van der Waals surface area contributed by atoms with Gasteiger partial charge in [0.1, 0.15) is 5.69 Å². The molecule has 3 aromatic rings. The van der Waals surface area contributed by atoms with Gasteiger partial charge in [-0.05, 0) is 66.4 Å². The van der Waals surface area contributed by atoms with Gasteiger partial charge in [-0.3, -0.25) is 0 Å². The molecule has 0 bridgehead atoms. The Bertz CT molecular complexity index is 1040. The van der Waals surface area contributed by atoms with Crippen LogP contribution in [0.4, 0.5) is 0 Å². The minimum Gasteiger partial charge on any atom is -0.232 e. The average molecular weight is 358 g/mol. The molecule has 2 aromatic carbocycles. The van der Waals surface area contributed by atoms with E-state index in [0.717, 1.165) is 12.8 Å². The lowest BCUT2D eigenvalue weighted by atomic mass is 9.93. The van der Waals surface area contributed by atoms with Crippen molar-refractivity contribution in [2.45, 2.75) is 47.5 Å². The fraction of sp³-hybridized carbons (Fsp3) is 0.360. The summed E-state index contributed by atoms with van der Waals surface area (Å²) < 4.78 is 2.20. The first kappa shape index (κ1) is 17.9. The molecule has 0 amide bonds. The van der Waals surface area contributed by atoms with Gasteiger partial charge in [-0.1, -0.05) is 43.7 Å². The maximum Gasteiger partial charge on any atom is 0.287 e. The quantitative estimate of drug-likeness (QED) is 0.457. The van der Waals surface area contributed by atoms with Crippen molar-refractivity contribution in [3.63, 3.8) is 0 Å². The largest absolute Gasteiger partial charge is 0.287 e. The second kappa shape index (κ2) is 6.60. The summed E-state index contributed by atoms with van der Waals surface area (Å²) in [6.07, 6.45) is 4.09. The smallest absolute Gasteiger partial charge is 0.232 e. The molecule has 0 unspecified atom stereocenters. The van der Waals surface area contributed by atoms with E-state index in [4.69, 9.17) is 4.98 Å². The van der Waals surface area contributed by atoms with E-state index in [-0.39, 0.29) is 0 Å². The Balaban J connectivity index is 1.94. The molecule has 138 valence electrons. The highest BCUT2D eigenvalue weighted by Gasteiger charge is 2.32. The third-order valence-corrected chi connectivity index (χ3v) is 5.86. The molecule has 4 rings (SSSR count). The van der Waals surface area contributed by atoms with Crippen LogP contribution < -0.4 is 4.57 Å². The van der Waals surface area contributed by atoms with Crippen LogP contribution in [0.1, 0.15) is 47.2 Å². The molecule has 0 saturated carbocycles. The number of rotatable bonds is 3. The van der Waals surface area contributed by atoms with Gasteiger partial charge >= 0.3 is 0 Å². The maximum atomic E-state index is 4.84. The van der Waals surface area contributed by atoms with Crippen LogP contribution in [0.25, 0.3) is 22.5 Å². The Labute approximate surface area is 162 Å². The van der Waals surface area contributed by atoms with Gasteiger partial charge in [0.25, 0.3) is 6.33 Å². The van der Waals surface area contributed by atoms with Crippen LogP contribution in [0.2, 0.25) is 0 Å². The van der Waals surface area contributed by atoms with E-state index < -0.39 is 0 Å². The van der Waals surface area contributed by atoms with Crippen LogP contribution in [0.3, 0.4) is 0 Å². The molecule has 2 heteroatoms. The lowest BCUT2D eigenvalue weighted by Gasteiger charge is -2.13. The van der Waals surface area contributed by atoms with Crippen molar-refractivity contribution >= 4 is 0 Å². The molecule has 1 heterocycles. The standard InChI is InChI=1S/C25H29N2/c1-15(2)10-19-8-7-9-20-22(19)13-23-24(20)26-14-27(6)25(23)21-12-16(3)11-17(4)18(21)5/h7-9,11-12,14-15H,10,13H2,1-6H3/q+1. The van der Waals surface area contributed by atoms with Crippen LogP contribution >= 0.6 is 0 Å². The molecule has 0 radical (unpaired) electrons. The van der Waals surface area contributed by atoms with E-state index in [0.29, 0.717) is 5.92 Å². The Morgan fingerprint density at radius 2 is 1.81 bits per heavy atom. The first-order valence-electron chi connectivity index (χ1n) is 9.93. The second-order valence-corrected chi connectivity index (χ2v) is 8.50. The predicted molar refractivity (Wildman–Crippen MR) is 112 cm³/mol. The Kier molecular flexibility index (Phi) is 4.38. The highest BCUT2D eigenvalue weighted by atomic mass is 15.0. The lowest BCUT2D eigenvalue weighted by Crippen LogP contribution is -2.33. The molecule has 0 N–H and O–H groups in total. The van der Waals surface area contributed by atoms with Crippen LogP contribution in [0.15, 0.2) is 36.7 Å². The summed E-state index contributed by atoms with van der Waals surface area (Å²) in [7, 11) is 2.12. The number of hydrogen-bond donors (Lipinski definition) is 0. The Hall–Kier alpha value is -2.48. The van der Waals surface area contributed by atoms with Crippen molar-refractivity contribution in [1.82, 2.24) is 4.98 Å². The van der Waals surface area contributed by atoms with Crippen molar-refractivity contribution in [3.8, 4) is 22.5 Å². The maximum absolute atomic E-state index is 4.84. The summed E-state index contributed by atoms with van der Waals surface area (Å²) in [6.45, 7) is 11.2. The van der Waals surface area contributed by atoms with Crippen molar-refractivity contribution in [3.05, 3.63) is 70.0 Å². The van der Waals surface area contributed by atoms with Crippen LogP contribution in [0, 0.1) is 26.7 Å². The van der Waals surface area contributed by atoms with Gasteiger partial charge in [-0.2, -0.15) is 0 Å². The zero-order valence-corrected chi connectivity index (χ0v) is 17.4. The van der Waals surface area contributed by atoms with Crippen molar-refractivity contribution in [1.29, 1.82) is 0 Å². The number of fused-ring (bicyclic) bond motifs is 3. The molecule has 1 aliphatic rings. The average Bonchev–Trinajstić information content (AvgIpc) is 2.97. The Morgan fingerprint density at radius 1 is 1.04 bits per heavy atom. The van der Waals surface area contributed by atoms with E-state index in [2.05, 4.69) is 76.6 Å². The second-order valence-electron chi connectivity index (χ2n) is 8.50. The number of hydrogen-bond acceptors (Lipinski definition) is 1. The summed E-state index contributed by atoms with van der Waals surface area (Å²) in [4.78, 5) is 4.84. The van der Waals surface area contributed by atoms with Gasteiger partial charge in [-0.25, -0.2) is 4.57 Å². The van der Waals surface area contributed by atoms with Crippen LogP contribution in [-0.4, -0.2) is 4.98 Å².